The van der Waals surface area contributed by atoms with Crippen molar-refractivity contribution in [2.45, 2.75) is 36.9 Å². The van der Waals surface area contributed by atoms with Crippen LogP contribution in [0.1, 0.15) is 18.2 Å². The summed E-state index contributed by atoms with van der Waals surface area (Å²) in [5.41, 5.74) is 6.29. The standard InChI is InChI=1S/C27H25ClFN5O6/c1-38-25(37)27(24(35)36,12-15-7-9-17(10-8-15)16-5-3-2-4-6-16)39-13-18-11-19(29)23(40-18)34-14-31-20-21(30)32-26(28)33-22(20)34/h2-10,14,18-19,23H,11-13H2,1H3,(H,35,36)(H2,30,32,33)/t18?,19?,23?,27-/m1/s1. The number of esters is 1. The lowest BCUT2D eigenvalue weighted by atomic mass is 9.92. The number of carbonyl (C=O) groups is 2. The number of fused-ring (bicyclic) bond motifs is 1. The van der Waals surface area contributed by atoms with Crippen LogP contribution in [0.15, 0.2) is 60.9 Å². The molecule has 0 amide bonds. The fraction of sp³-hybridized carbons (Fsp3) is 0.296. The van der Waals surface area contributed by atoms with E-state index in [1.807, 2.05) is 42.5 Å². The first-order valence-corrected chi connectivity index (χ1v) is 12.6. The molecule has 2 aromatic carbocycles. The van der Waals surface area contributed by atoms with Gasteiger partial charge in [-0.05, 0) is 28.3 Å². The normalized spacial score (nSPS) is 20.3. The molecule has 3 N–H and O–H groups in total. The molecule has 40 heavy (non-hydrogen) atoms. The summed E-state index contributed by atoms with van der Waals surface area (Å²) in [4.78, 5) is 37.3. The maximum atomic E-state index is 15.1. The number of carbonyl (C=O) groups excluding carboxylic acids is 1. The Bertz CT molecular complexity index is 1540. The molecule has 4 aromatic rings. The van der Waals surface area contributed by atoms with Crippen LogP contribution in [0.2, 0.25) is 5.28 Å². The Morgan fingerprint density at radius 2 is 1.88 bits per heavy atom. The molecule has 3 heterocycles. The Morgan fingerprint density at radius 3 is 2.55 bits per heavy atom. The number of methoxy groups -OCH3 is 1. The Hall–Kier alpha value is -4.13. The molecule has 4 atom stereocenters. The van der Waals surface area contributed by atoms with E-state index < -0.39 is 42.7 Å². The number of carboxylic acids is 1. The monoisotopic (exact) mass is 569 g/mol. The van der Waals surface area contributed by atoms with E-state index >= 15 is 4.39 Å². The molecule has 0 bridgehead atoms. The molecular formula is C27H25ClFN5O6. The van der Waals surface area contributed by atoms with Crippen LogP contribution in [0.4, 0.5) is 10.2 Å². The number of hydrogen-bond donors (Lipinski definition) is 2. The number of imidazole rings is 1. The molecule has 11 nitrogen and oxygen atoms in total. The third-order valence-corrected chi connectivity index (χ3v) is 6.88. The Morgan fingerprint density at radius 1 is 1.18 bits per heavy atom. The number of ether oxygens (including phenoxy) is 3. The SMILES string of the molecule is COC(=O)[C@](Cc1ccc(-c2ccccc2)cc1)(OCC1CC(F)C(n2cnc3c(N)nc(Cl)nc32)O1)C(=O)O. The second kappa shape index (κ2) is 11.2. The Labute approximate surface area is 232 Å². The molecule has 0 saturated carbocycles. The predicted molar refractivity (Wildman–Crippen MR) is 142 cm³/mol. The zero-order valence-corrected chi connectivity index (χ0v) is 22.0. The van der Waals surface area contributed by atoms with Crippen molar-refractivity contribution < 1.29 is 33.3 Å². The van der Waals surface area contributed by atoms with Crippen LogP contribution in [0.3, 0.4) is 0 Å². The van der Waals surface area contributed by atoms with Gasteiger partial charge in [0.2, 0.25) is 5.28 Å². The largest absolute Gasteiger partial charge is 0.479 e. The van der Waals surface area contributed by atoms with E-state index in [0.29, 0.717) is 5.56 Å². The average Bonchev–Trinajstić information content (AvgIpc) is 3.54. The van der Waals surface area contributed by atoms with Gasteiger partial charge in [0.1, 0.15) is 11.7 Å². The van der Waals surface area contributed by atoms with Gasteiger partial charge in [0, 0.05) is 12.8 Å². The first kappa shape index (κ1) is 27.4. The third-order valence-electron chi connectivity index (χ3n) is 6.71. The number of benzene rings is 2. The van der Waals surface area contributed by atoms with Crippen LogP contribution >= 0.6 is 11.6 Å². The number of rotatable bonds is 9. The van der Waals surface area contributed by atoms with Crippen molar-refractivity contribution in [2.24, 2.45) is 0 Å². The molecule has 0 radical (unpaired) electrons. The number of nitrogens with zero attached hydrogens (tertiary/aromatic N) is 4. The highest BCUT2D eigenvalue weighted by molar-refractivity contribution is 6.28. The molecule has 1 aliphatic heterocycles. The van der Waals surface area contributed by atoms with Gasteiger partial charge in [0.15, 0.2) is 17.7 Å². The molecular weight excluding hydrogens is 545 g/mol. The zero-order chi connectivity index (χ0) is 28.4. The predicted octanol–water partition coefficient (Wildman–Crippen LogP) is 3.61. The minimum atomic E-state index is -2.38. The lowest BCUT2D eigenvalue weighted by molar-refractivity contribution is -0.190. The number of anilines is 1. The smallest absolute Gasteiger partial charge is 0.350 e. The highest BCUT2D eigenvalue weighted by Crippen LogP contribution is 2.35. The van der Waals surface area contributed by atoms with E-state index in [9.17, 15) is 14.7 Å². The van der Waals surface area contributed by atoms with Crippen molar-refractivity contribution in [1.82, 2.24) is 19.5 Å². The van der Waals surface area contributed by atoms with Crippen LogP contribution in [0.5, 0.6) is 0 Å². The molecule has 3 unspecified atom stereocenters. The van der Waals surface area contributed by atoms with Gasteiger partial charge in [-0.3, -0.25) is 4.57 Å². The lowest BCUT2D eigenvalue weighted by Crippen LogP contribution is -2.52. The topological polar surface area (TPSA) is 152 Å². The van der Waals surface area contributed by atoms with E-state index in [0.717, 1.165) is 18.2 Å². The summed E-state index contributed by atoms with van der Waals surface area (Å²) in [6, 6.07) is 16.7. The summed E-state index contributed by atoms with van der Waals surface area (Å²) in [6.07, 6.45) is -2.73. The summed E-state index contributed by atoms with van der Waals surface area (Å²) in [6.45, 7) is -0.398. The van der Waals surface area contributed by atoms with Gasteiger partial charge >= 0.3 is 11.9 Å². The molecule has 208 valence electrons. The van der Waals surface area contributed by atoms with Crippen molar-refractivity contribution in [3.05, 3.63) is 71.8 Å². The van der Waals surface area contributed by atoms with E-state index in [1.165, 1.54) is 10.9 Å². The van der Waals surface area contributed by atoms with Crippen molar-refractivity contribution in [3.63, 3.8) is 0 Å². The summed E-state index contributed by atoms with van der Waals surface area (Å²) in [5.74, 6) is -2.61. The first-order chi connectivity index (χ1) is 19.2. The molecule has 1 saturated heterocycles. The van der Waals surface area contributed by atoms with Crippen LogP contribution in [-0.2, 0) is 30.2 Å². The summed E-state index contributed by atoms with van der Waals surface area (Å²) < 4.78 is 32.8. The van der Waals surface area contributed by atoms with E-state index in [1.54, 1.807) is 12.1 Å². The second-order valence-corrected chi connectivity index (χ2v) is 9.61. The third kappa shape index (κ3) is 5.20. The summed E-state index contributed by atoms with van der Waals surface area (Å²) in [7, 11) is 1.07. The van der Waals surface area contributed by atoms with Crippen molar-refractivity contribution >= 4 is 40.5 Å². The van der Waals surface area contributed by atoms with Crippen LogP contribution < -0.4 is 5.73 Å². The quantitative estimate of drug-likeness (QED) is 0.174. The molecule has 1 fully saturated rings. The number of aliphatic carboxylic acids is 1. The molecule has 1 aliphatic rings. The van der Waals surface area contributed by atoms with Gasteiger partial charge in [-0.2, -0.15) is 9.97 Å². The fourth-order valence-corrected chi connectivity index (χ4v) is 4.86. The number of hydrogen-bond acceptors (Lipinski definition) is 9. The molecule has 0 spiro atoms. The minimum Gasteiger partial charge on any atom is -0.479 e. The van der Waals surface area contributed by atoms with Gasteiger partial charge in [0.05, 0.1) is 26.1 Å². The highest BCUT2D eigenvalue weighted by atomic mass is 35.5. The number of carboxylic acid groups (broad SMARTS) is 1. The van der Waals surface area contributed by atoms with Crippen molar-refractivity contribution in [2.75, 3.05) is 19.5 Å². The second-order valence-electron chi connectivity index (χ2n) is 9.28. The van der Waals surface area contributed by atoms with Gasteiger partial charge in [-0.25, -0.2) is 19.0 Å². The number of nitrogen functional groups attached to an aromatic ring is 1. The Balaban J connectivity index is 1.34. The maximum absolute atomic E-state index is 15.1. The minimum absolute atomic E-state index is 0.0307. The Kier molecular flexibility index (Phi) is 7.66. The summed E-state index contributed by atoms with van der Waals surface area (Å²) in [5, 5.41) is 9.99. The summed E-state index contributed by atoms with van der Waals surface area (Å²) >= 11 is 5.91. The molecule has 0 aliphatic carbocycles. The molecule has 5 rings (SSSR count). The molecule has 2 aromatic heterocycles. The van der Waals surface area contributed by atoms with Crippen LogP contribution in [-0.4, -0.2) is 68.2 Å². The van der Waals surface area contributed by atoms with Crippen LogP contribution in [0.25, 0.3) is 22.3 Å². The van der Waals surface area contributed by atoms with E-state index in [-0.39, 0.29) is 35.1 Å². The first-order valence-electron chi connectivity index (χ1n) is 12.3. The zero-order valence-electron chi connectivity index (χ0n) is 21.2. The van der Waals surface area contributed by atoms with Gasteiger partial charge < -0.3 is 25.1 Å². The maximum Gasteiger partial charge on any atom is 0.350 e. The number of aromatic nitrogens is 4. The fourth-order valence-electron chi connectivity index (χ4n) is 4.69. The number of nitrogens with two attached hydrogens (primary N) is 1. The average molecular weight is 570 g/mol. The van der Waals surface area contributed by atoms with Crippen molar-refractivity contribution in [3.8, 4) is 11.1 Å². The number of alkyl halides is 1. The molecule has 13 heteroatoms. The number of halogens is 2. The van der Waals surface area contributed by atoms with Crippen LogP contribution in [0, 0.1) is 0 Å². The van der Waals surface area contributed by atoms with Gasteiger partial charge in [0.25, 0.3) is 5.60 Å². The highest BCUT2D eigenvalue weighted by Gasteiger charge is 2.50. The lowest BCUT2D eigenvalue weighted by Gasteiger charge is -2.28. The van der Waals surface area contributed by atoms with Crippen molar-refractivity contribution in [1.29, 1.82) is 0 Å². The van der Waals surface area contributed by atoms with Gasteiger partial charge in [-0.15, -0.1) is 0 Å². The van der Waals surface area contributed by atoms with E-state index in [2.05, 4.69) is 15.0 Å². The van der Waals surface area contributed by atoms with E-state index in [4.69, 9.17) is 31.5 Å². The van der Waals surface area contributed by atoms with Gasteiger partial charge in [-0.1, -0.05) is 54.6 Å².